The predicted molar refractivity (Wildman–Crippen MR) is 74.9 cm³/mol. The van der Waals surface area contributed by atoms with Crippen LogP contribution >= 0.6 is 0 Å². The van der Waals surface area contributed by atoms with Crippen molar-refractivity contribution in [3.05, 3.63) is 36.5 Å². The number of hydrogen-bond donors (Lipinski definition) is 1. The van der Waals surface area contributed by atoms with Crippen molar-refractivity contribution >= 4 is 16.6 Å². The first-order chi connectivity index (χ1) is 9.19. The summed E-state index contributed by atoms with van der Waals surface area (Å²) in [7, 11) is 3.45. The van der Waals surface area contributed by atoms with Crippen LogP contribution < -0.4 is 10.5 Å². The van der Waals surface area contributed by atoms with Crippen LogP contribution in [0.2, 0.25) is 0 Å². The van der Waals surface area contributed by atoms with E-state index in [1.807, 2.05) is 31.3 Å². The molecule has 0 saturated heterocycles. The molecule has 2 N–H and O–H groups in total. The summed E-state index contributed by atoms with van der Waals surface area (Å²) in [6.07, 6.45) is 1.73. The van der Waals surface area contributed by atoms with Crippen molar-refractivity contribution in [3.8, 4) is 17.1 Å². The van der Waals surface area contributed by atoms with E-state index in [0.29, 0.717) is 11.7 Å². The molecule has 0 aliphatic carbocycles. The highest BCUT2D eigenvalue weighted by molar-refractivity contribution is 5.90. The van der Waals surface area contributed by atoms with Crippen LogP contribution in [0, 0.1) is 0 Å². The molecule has 19 heavy (non-hydrogen) atoms. The predicted octanol–water partition coefficient (Wildman–Crippen LogP) is 2.23. The summed E-state index contributed by atoms with van der Waals surface area (Å²) in [5.74, 6) is 1.27. The van der Waals surface area contributed by atoms with E-state index >= 15 is 0 Å². The lowest BCUT2D eigenvalue weighted by atomic mass is 10.1. The van der Waals surface area contributed by atoms with Crippen molar-refractivity contribution in [3.63, 3.8) is 0 Å². The van der Waals surface area contributed by atoms with Crippen LogP contribution in [-0.2, 0) is 7.05 Å². The normalized spacial score (nSPS) is 10.8. The highest BCUT2D eigenvalue weighted by Crippen LogP contribution is 2.28. The van der Waals surface area contributed by atoms with Gasteiger partial charge in [0.15, 0.2) is 0 Å². The van der Waals surface area contributed by atoms with Crippen LogP contribution in [0.3, 0.4) is 0 Å². The molecular weight excluding hydrogens is 240 g/mol. The van der Waals surface area contributed by atoms with Crippen LogP contribution in [0.25, 0.3) is 22.0 Å². The standard InChI is InChI=1S/C14H14N4O/c1-18-13(15)8-12(17-18)10-3-4-11-9(7-10)5-6-16-14(11)19-2/h3-8H,15H2,1-2H3. The van der Waals surface area contributed by atoms with Gasteiger partial charge in [-0.05, 0) is 23.6 Å². The molecule has 0 radical (unpaired) electrons. The van der Waals surface area contributed by atoms with Gasteiger partial charge in [0.2, 0.25) is 5.88 Å². The lowest BCUT2D eigenvalue weighted by molar-refractivity contribution is 0.403. The molecule has 0 atom stereocenters. The van der Waals surface area contributed by atoms with Gasteiger partial charge in [0.25, 0.3) is 0 Å². The van der Waals surface area contributed by atoms with Crippen LogP contribution in [0.5, 0.6) is 5.88 Å². The number of hydrogen-bond acceptors (Lipinski definition) is 4. The molecule has 5 nitrogen and oxygen atoms in total. The number of aryl methyl sites for hydroxylation is 1. The highest BCUT2D eigenvalue weighted by atomic mass is 16.5. The van der Waals surface area contributed by atoms with E-state index in [1.165, 1.54) is 0 Å². The van der Waals surface area contributed by atoms with E-state index in [1.54, 1.807) is 18.0 Å². The SMILES string of the molecule is COc1nccc2cc(-c3cc(N)n(C)n3)ccc12. The van der Waals surface area contributed by atoms with Gasteiger partial charge in [-0.15, -0.1) is 0 Å². The monoisotopic (exact) mass is 254 g/mol. The second-order valence-corrected chi connectivity index (χ2v) is 4.33. The summed E-state index contributed by atoms with van der Waals surface area (Å²) in [5.41, 5.74) is 7.69. The van der Waals surface area contributed by atoms with Gasteiger partial charge in [-0.2, -0.15) is 5.10 Å². The molecule has 3 aromatic rings. The third kappa shape index (κ3) is 1.89. The number of nitrogens with zero attached hydrogens (tertiary/aromatic N) is 3. The van der Waals surface area contributed by atoms with Gasteiger partial charge in [0.05, 0.1) is 12.8 Å². The third-order valence-electron chi connectivity index (χ3n) is 3.13. The molecule has 96 valence electrons. The Kier molecular flexibility index (Phi) is 2.59. The van der Waals surface area contributed by atoms with E-state index in [-0.39, 0.29) is 0 Å². The molecule has 2 aromatic heterocycles. The van der Waals surface area contributed by atoms with Gasteiger partial charge < -0.3 is 10.5 Å². The van der Waals surface area contributed by atoms with Gasteiger partial charge in [0.1, 0.15) is 5.82 Å². The number of anilines is 1. The zero-order valence-electron chi connectivity index (χ0n) is 10.8. The molecule has 0 bridgehead atoms. The quantitative estimate of drug-likeness (QED) is 0.761. The molecule has 0 amide bonds. The first-order valence-corrected chi connectivity index (χ1v) is 5.91. The van der Waals surface area contributed by atoms with Crippen molar-refractivity contribution < 1.29 is 4.74 Å². The molecule has 0 spiro atoms. The summed E-state index contributed by atoms with van der Waals surface area (Å²) in [4.78, 5) is 4.18. The molecule has 2 heterocycles. The zero-order chi connectivity index (χ0) is 13.4. The minimum absolute atomic E-state index is 0.629. The first-order valence-electron chi connectivity index (χ1n) is 5.91. The number of rotatable bonds is 2. The summed E-state index contributed by atoms with van der Waals surface area (Å²) in [6, 6.07) is 9.85. The van der Waals surface area contributed by atoms with Crippen molar-refractivity contribution in [2.75, 3.05) is 12.8 Å². The molecule has 0 unspecified atom stereocenters. The van der Waals surface area contributed by atoms with Crippen molar-refractivity contribution in [1.29, 1.82) is 0 Å². The maximum Gasteiger partial charge on any atom is 0.221 e. The fourth-order valence-electron chi connectivity index (χ4n) is 2.09. The van der Waals surface area contributed by atoms with E-state index in [2.05, 4.69) is 16.1 Å². The van der Waals surface area contributed by atoms with Crippen molar-refractivity contribution in [2.24, 2.45) is 7.05 Å². The minimum atomic E-state index is 0.629. The fourth-order valence-corrected chi connectivity index (χ4v) is 2.09. The molecule has 0 aliphatic heterocycles. The minimum Gasteiger partial charge on any atom is -0.481 e. The number of aromatic nitrogens is 3. The van der Waals surface area contributed by atoms with Crippen LogP contribution in [0.15, 0.2) is 36.5 Å². The summed E-state index contributed by atoms with van der Waals surface area (Å²) >= 11 is 0. The summed E-state index contributed by atoms with van der Waals surface area (Å²) in [5, 5.41) is 6.42. The highest BCUT2D eigenvalue weighted by Gasteiger charge is 2.08. The Balaban J connectivity index is 2.16. The Morgan fingerprint density at radius 3 is 2.74 bits per heavy atom. The maximum atomic E-state index is 5.81. The molecule has 5 heteroatoms. The lowest BCUT2D eigenvalue weighted by Gasteiger charge is -2.05. The maximum absolute atomic E-state index is 5.81. The second-order valence-electron chi connectivity index (χ2n) is 4.33. The van der Waals surface area contributed by atoms with Gasteiger partial charge in [-0.25, -0.2) is 4.98 Å². The van der Waals surface area contributed by atoms with E-state index < -0.39 is 0 Å². The Labute approximate surface area is 110 Å². The first kappa shape index (κ1) is 11.5. The average Bonchev–Trinajstić information content (AvgIpc) is 2.77. The van der Waals surface area contributed by atoms with Gasteiger partial charge in [-0.1, -0.05) is 6.07 Å². The van der Waals surface area contributed by atoms with Gasteiger partial charge in [0, 0.05) is 30.3 Å². The Bertz CT molecular complexity index is 729. The third-order valence-corrected chi connectivity index (χ3v) is 3.13. The largest absolute Gasteiger partial charge is 0.481 e. The van der Waals surface area contributed by atoms with E-state index in [9.17, 15) is 0 Å². The van der Waals surface area contributed by atoms with Crippen molar-refractivity contribution in [2.45, 2.75) is 0 Å². The number of ether oxygens (including phenoxy) is 1. The number of pyridine rings is 1. The summed E-state index contributed by atoms with van der Waals surface area (Å²) in [6.45, 7) is 0. The number of fused-ring (bicyclic) bond motifs is 1. The molecule has 0 aliphatic rings. The van der Waals surface area contributed by atoms with E-state index in [4.69, 9.17) is 10.5 Å². The smallest absolute Gasteiger partial charge is 0.221 e. The molecule has 0 saturated carbocycles. The Hall–Kier alpha value is -2.56. The van der Waals surface area contributed by atoms with E-state index in [0.717, 1.165) is 22.0 Å². The molecule has 1 aromatic carbocycles. The van der Waals surface area contributed by atoms with Crippen LogP contribution in [-0.4, -0.2) is 21.9 Å². The topological polar surface area (TPSA) is 66.0 Å². The number of nitrogen functional groups attached to an aromatic ring is 1. The van der Waals surface area contributed by atoms with Crippen LogP contribution in [0.4, 0.5) is 5.82 Å². The zero-order valence-corrected chi connectivity index (χ0v) is 10.8. The second kappa shape index (κ2) is 4.28. The van der Waals surface area contributed by atoms with Crippen LogP contribution in [0.1, 0.15) is 0 Å². The number of methoxy groups -OCH3 is 1. The number of nitrogens with two attached hydrogens (primary N) is 1. The Morgan fingerprint density at radius 2 is 2.05 bits per heavy atom. The lowest BCUT2D eigenvalue weighted by Crippen LogP contribution is -1.96. The number of benzene rings is 1. The molecular formula is C14H14N4O. The van der Waals surface area contributed by atoms with Gasteiger partial charge >= 0.3 is 0 Å². The molecule has 0 fully saturated rings. The molecule has 3 rings (SSSR count). The van der Waals surface area contributed by atoms with Crippen molar-refractivity contribution in [1.82, 2.24) is 14.8 Å². The fraction of sp³-hybridized carbons (Fsp3) is 0.143. The summed E-state index contributed by atoms with van der Waals surface area (Å²) < 4.78 is 6.90. The Morgan fingerprint density at radius 1 is 1.21 bits per heavy atom. The van der Waals surface area contributed by atoms with Gasteiger partial charge in [-0.3, -0.25) is 4.68 Å². The average molecular weight is 254 g/mol.